The van der Waals surface area contributed by atoms with Crippen molar-refractivity contribution in [1.82, 2.24) is 0 Å². The van der Waals surface area contributed by atoms with E-state index in [-0.39, 0.29) is 45.1 Å². The van der Waals surface area contributed by atoms with E-state index in [2.05, 4.69) is 304 Å². The summed E-state index contributed by atoms with van der Waals surface area (Å²) in [6.45, 7) is 50.6. The van der Waals surface area contributed by atoms with Crippen LogP contribution in [0.1, 0.15) is 218 Å². The molecule has 3 aromatic carbocycles. The lowest BCUT2D eigenvalue weighted by Crippen LogP contribution is -2.48. The third-order valence-corrected chi connectivity index (χ3v) is 25.8. The predicted molar refractivity (Wildman–Crippen MR) is 462 cm³/mol. The minimum atomic E-state index is -0.652. The van der Waals surface area contributed by atoms with E-state index >= 15 is 0 Å². The summed E-state index contributed by atoms with van der Waals surface area (Å²) in [7, 11) is 3.26. The van der Waals surface area contributed by atoms with Crippen molar-refractivity contribution in [3.05, 3.63) is 183 Å². The van der Waals surface area contributed by atoms with Crippen LogP contribution in [-0.2, 0) is 110 Å². The summed E-state index contributed by atoms with van der Waals surface area (Å²) in [5.74, 6) is 7.26. The molecule has 0 aliphatic heterocycles. The molecule has 0 amide bonds. The van der Waals surface area contributed by atoms with Crippen LogP contribution in [0.15, 0.2) is 166 Å². The van der Waals surface area contributed by atoms with Gasteiger partial charge in [-0.25, -0.2) is 0 Å². The lowest BCUT2D eigenvalue weighted by molar-refractivity contribution is -0.158. The Labute approximate surface area is 646 Å². The van der Waals surface area contributed by atoms with Crippen LogP contribution in [0, 0.1) is 104 Å². The first-order valence-electron chi connectivity index (χ1n) is 34.4. The van der Waals surface area contributed by atoms with Crippen molar-refractivity contribution in [1.29, 1.82) is 0 Å². The van der Waals surface area contributed by atoms with Gasteiger partial charge in [0.25, 0.3) is 0 Å². The summed E-state index contributed by atoms with van der Waals surface area (Å²) in [5, 5.41) is 17.8. The van der Waals surface area contributed by atoms with Crippen molar-refractivity contribution in [2.24, 2.45) is 104 Å². The Hall–Kier alpha value is -2.73. The molecule has 0 unspecified atom stereocenters. The number of rotatable bonds is 22. The molecule has 12 atom stereocenters. The number of Topliss-reactive ketones (excluding diaryl/α,β-unsaturated/α-hetero) is 1. The molecule has 6 aliphatic rings. The van der Waals surface area contributed by atoms with E-state index in [4.69, 9.17) is 10.2 Å². The first-order chi connectivity index (χ1) is 44.9. The van der Waals surface area contributed by atoms with Crippen molar-refractivity contribution in [3.8, 4) is 0 Å². The highest BCUT2D eigenvalue weighted by atomic mass is 33.2. The fraction of sp³-hybridized carbons (Fsp3) is 0.595. The third kappa shape index (κ3) is 30.5. The topological polar surface area (TPSA) is 74.6 Å². The molecule has 0 aromatic heterocycles. The second-order valence-corrected chi connectivity index (χ2v) is 35.9. The predicted octanol–water partition coefficient (Wildman–Crippen LogP) is 23.7. The van der Waals surface area contributed by atoms with Crippen LogP contribution in [0.2, 0.25) is 0 Å². The van der Waals surface area contributed by atoms with Gasteiger partial charge < -0.3 is 10.2 Å². The van der Waals surface area contributed by atoms with Gasteiger partial charge in [-0.1, -0.05) is 263 Å². The van der Waals surface area contributed by atoms with E-state index in [0.29, 0.717) is 69.6 Å². The van der Waals surface area contributed by atoms with E-state index in [1.54, 1.807) is 6.92 Å². The summed E-state index contributed by atoms with van der Waals surface area (Å²) in [4.78, 5) is 21.9. The number of aliphatic hydroxyl groups is 1. The second-order valence-electron chi connectivity index (χ2n) is 30.5. The Balaban J connectivity index is -0.00000108. The number of allylic oxidation sites excluding steroid dienone is 7. The highest BCUT2D eigenvalue weighted by molar-refractivity contribution is 8.51. The van der Waals surface area contributed by atoms with Crippen LogP contribution < -0.4 is 0 Å². The summed E-state index contributed by atoms with van der Waals surface area (Å²) in [6, 6.07) is 32.0. The van der Waals surface area contributed by atoms with Crippen LogP contribution in [0.5, 0.6) is 0 Å². The van der Waals surface area contributed by atoms with Gasteiger partial charge in [-0.15, -0.1) is 32.9 Å². The molecule has 0 heterocycles. The zero-order valence-electron chi connectivity index (χ0n) is 61.0. The van der Waals surface area contributed by atoms with Crippen molar-refractivity contribution in [3.63, 3.8) is 0 Å². The van der Waals surface area contributed by atoms with Gasteiger partial charge in [-0.2, -0.15) is 13.5 Å². The van der Waals surface area contributed by atoms with Crippen LogP contribution in [0.3, 0.4) is 0 Å². The first-order valence-corrected chi connectivity index (χ1v) is 42.4. The molecule has 14 heteroatoms. The Morgan fingerprint density at radius 2 is 0.776 bits per heavy atom. The molecule has 2 N–H and O–H groups in total. The molecule has 3 aromatic rings. The smallest absolute Gasteiger partial charge is 0.307 e. The van der Waals surface area contributed by atoms with Gasteiger partial charge in [-0.05, 0) is 199 Å². The largest absolute Gasteiger partial charge is 0.481 e. The molecule has 4 nitrogen and oxygen atoms in total. The lowest BCUT2D eigenvalue weighted by Gasteiger charge is -2.53. The number of carbonyl (C=O) groups excluding carboxylic acids is 1. The Kier molecular flexibility index (Phi) is 51.4. The summed E-state index contributed by atoms with van der Waals surface area (Å²) in [6.07, 6.45) is 37.2. The minimum absolute atomic E-state index is 0. The van der Waals surface area contributed by atoms with E-state index in [1.807, 2.05) is 32.1 Å². The van der Waals surface area contributed by atoms with Gasteiger partial charge in [0.15, 0.2) is 0 Å². The molecular weight excluding hydrogens is 1390 g/mol. The van der Waals surface area contributed by atoms with Crippen LogP contribution in [0.4, 0.5) is 0 Å². The zero-order chi connectivity index (χ0) is 72.2. The SMILES string of the molecule is C.C.C=CC[C@H]1C[C@@H](/C=C/c2ccccc2)C1(C)C.C=CC[C@H]1C[C@@H](/C=C\c2ccccc2)C1(C)C.C=CC[C@H]1C[C@@H](C(=O)O)C1(C)C.C=CC[C@H]1C[C@@H](C(C)=O)C1(C)C.C=CC[C@H]1C[C@@H](CO)C1(C)C.CCC[C@H]1C[C@@H](CCc2ccccc2)C1(C)C.S.S=S.S=S=S.S=S=S=S. The number of aliphatic hydroxyl groups excluding tert-OH is 1. The monoisotopic (exact) mass is 1520 g/mol. The van der Waals surface area contributed by atoms with Gasteiger partial charge in [0, 0.05) is 106 Å². The van der Waals surface area contributed by atoms with Gasteiger partial charge in [-0.3, -0.25) is 9.59 Å². The average molecular weight is 1530 g/mol. The van der Waals surface area contributed by atoms with Crippen molar-refractivity contribution in [2.75, 3.05) is 6.61 Å². The maximum Gasteiger partial charge on any atom is 0.307 e. The molecule has 0 saturated heterocycles. The molecular formula is C84H132O4S10. The number of carboxylic acids is 1. The van der Waals surface area contributed by atoms with Crippen LogP contribution in [-0.4, -0.2) is 28.6 Å². The first kappa shape index (κ1) is 99.4. The van der Waals surface area contributed by atoms with Gasteiger partial charge in [0.2, 0.25) is 0 Å². The second kappa shape index (κ2) is 50.6. The summed E-state index contributed by atoms with van der Waals surface area (Å²) in [5.41, 5.74) is 6.06. The number of carboxylic acid groups (broad SMARTS) is 1. The van der Waals surface area contributed by atoms with E-state index in [9.17, 15) is 9.59 Å². The van der Waals surface area contributed by atoms with Crippen molar-refractivity contribution in [2.45, 2.75) is 208 Å². The average Bonchev–Trinajstić information content (AvgIpc) is 0.801. The maximum absolute atomic E-state index is 11.2. The van der Waals surface area contributed by atoms with E-state index in [1.165, 1.54) is 85.8 Å². The fourth-order valence-electron chi connectivity index (χ4n) is 15.4. The number of aliphatic carboxylic acids is 1. The van der Waals surface area contributed by atoms with Gasteiger partial charge in [0.1, 0.15) is 5.78 Å². The van der Waals surface area contributed by atoms with Crippen molar-refractivity contribution >= 4 is 131 Å². The fourth-order valence-corrected chi connectivity index (χ4v) is 15.4. The lowest BCUT2D eigenvalue weighted by atomic mass is 9.52. The molecule has 0 bridgehead atoms. The minimum Gasteiger partial charge on any atom is -0.481 e. The summed E-state index contributed by atoms with van der Waals surface area (Å²) >= 11 is 24.2. The Morgan fingerprint density at radius 3 is 1.05 bits per heavy atom. The number of carbonyl (C=O) groups is 2. The zero-order valence-corrected chi connectivity index (χ0v) is 69.4. The number of ketones is 1. The number of hydrogen-bond acceptors (Lipinski definition) is 9. The van der Waals surface area contributed by atoms with Crippen LogP contribution >= 0.6 is 13.5 Å². The molecule has 6 saturated carbocycles. The number of benzene rings is 3. The van der Waals surface area contributed by atoms with Gasteiger partial charge in [0.05, 0.1) is 5.92 Å². The van der Waals surface area contributed by atoms with E-state index in [0.717, 1.165) is 83.4 Å². The molecule has 0 spiro atoms. The number of aryl methyl sites for hydroxylation is 1. The summed E-state index contributed by atoms with van der Waals surface area (Å²) < 4.78 is 0. The van der Waals surface area contributed by atoms with Crippen molar-refractivity contribution < 1.29 is 19.8 Å². The maximum atomic E-state index is 11.2. The normalized spacial score (nSPS) is 26.0. The molecule has 98 heavy (non-hydrogen) atoms. The molecule has 0 radical (unpaired) electrons. The molecule has 552 valence electrons. The van der Waals surface area contributed by atoms with Crippen LogP contribution in [0.25, 0.3) is 12.2 Å². The molecule has 9 rings (SSSR count). The molecule has 6 fully saturated rings. The quantitative estimate of drug-likeness (QED) is 0.0951. The number of hydrogen-bond donors (Lipinski definition) is 2. The Bertz CT molecular complexity index is 2810. The standard InChI is InChI=1S/C17H26.2C17H22.C11H18O.C10H16O2.C10H18O.2CH4.S4.S3.S2.H2S/c3*1-4-8-15-13-16(17(15,2)3)12-11-14-9-6-5-7-10-14;1-5-6-9-7-10(8(2)12)11(9,3)4;1-4-5-7-6-8(9(11)12)10(7,2)3;1-4-5-8-6-9(7-11)10(8,2)3;;;1-3-4-2;1-3-2;1-2;/h5-7,9-10,15-16H,4,8,11-13H2,1-3H3;2*4-7,9-12,15-16H,1,8,13H2,2-3H3;5,9-10H,1,6-7H2,2-4H3;4,7-8H,1,5-6H2,2-3H3,(H,11,12);4,8-9,11H,1,5-7H2,2-3H3;2*1H4;;;;1H2/b;12-11+;12-11-;;;;;;;;;/t3*15-,16+;9-,10-;7-,8-;8-,9-;;;;;;/m000000....../s1. The third-order valence-electron chi connectivity index (χ3n) is 23.6. The Morgan fingerprint density at radius 1 is 0.469 bits per heavy atom. The highest BCUT2D eigenvalue weighted by Gasteiger charge is 2.52. The van der Waals surface area contributed by atoms with E-state index < -0.39 is 5.97 Å². The van der Waals surface area contributed by atoms with Gasteiger partial charge >= 0.3 is 5.97 Å². The molecule has 6 aliphatic carbocycles. The highest BCUT2D eigenvalue weighted by Crippen LogP contribution is 2.58.